The third-order valence-corrected chi connectivity index (χ3v) is 4.92. The van der Waals surface area contributed by atoms with Gasteiger partial charge in [-0.25, -0.2) is 0 Å². The normalized spacial score (nSPS) is 13.5. The van der Waals surface area contributed by atoms with E-state index in [1.165, 1.54) is 0 Å². The van der Waals surface area contributed by atoms with Crippen LogP contribution in [0.3, 0.4) is 0 Å². The Labute approximate surface area is 165 Å². The van der Waals surface area contributed by atoms with Crippen molar-refractivity contribution in [1.29, 1.82) is 5.26 Å². The second-order valence-corrected chi connectivity index (χ2v) is 7.09. The molecule has 2 amide bonds. The van der Waals surface area contributed by atoms with Crippen LogP contribution in [0.25, 0.3) is 11.3 Å². The predicted molar refractivity (Wildman–Crippen MR) is 107 cm³/mol. The summed E-state index contributed by atoms with van der Waals surface area (Å²) in [6.45, 7) is 5.78. The van der Waals surface area contributed by atoms with Crippen molar-refractivity contribution in [3.05, 3.63) is 52.7 Å². The fourth-order valence-corrected chi connectivity index (χ4v) is 3.51. The fraction of sp³-hybridized carbons (Fsp3) is 0.364. The maximum atomic E-state index is 12.5. The lowest BCUT2D eigenvalue weighted by molar-refractivity contribution is -0.127. The molecule has 144 valence electrons. The molecule has 1 aliphatic heterocycles. The van der Waals surface area contributed by atoms with E-state index in [-0.39, 0.29) is 11.8 Å². The first-order valence-electron chi connectivity index (χ1n) is 9.54. The third kappa shape index (κ3) is 4.37. The highest BCUT2D eigenvalue weighted by molar-refractivity contribution is 5.95. The Hall–Kier alpha value is -3.20. The topological polar surface area (TPSA) is 86.1 Å². The number of hydrogen-bond donors (Lipinski definition) is 1. The highest BCUT2D eigenvalue weighted by Gasteiger charge is 2.19. The average Bonchev–Trinajstić information content (AvgIpc) is 3.09. The number of carbonyl (C=O) groups excluding carboxylic acids is 2. The first-order chi connectivity index (χ1) is 13.5. The van der Waals surface area contributed by atoms with E-state index in [2.05, 4.69) is 16.4 Å². The highest BCUT2D eigenvalue weighted by atomic mass is 16.2. The molecule has 1 aromatic heterocycles. The Morgan fingerprint density at radius 3 is 2.86 bits per heavy atom. The molecule has 6 heteroatoms. The number of nitrogens with zero attached hydrogens (tertiary/aromatic N) is 3. The molecule has 0 spiro atoms. The standard InChI is InChI=1S/C22H24N4O2/c1-15-12-16(2)25-21(19(15)14-23)17-6-3-7-18(13-17)22(28)24-9-5-11-26-10-4-8-20(26)27/h3,6-7,12-13H,4-5,8-11H2,1-2H3,(H,24,28). The molecule has 1 aliphatic rings. The van der Waals surface area contributed by atoms with Crippen LogP contribution in [-0.4, -0.2) is 41.3 Å². The number of aromatic nitrogens is 1. The van der Waals surface area contributed by atoms with Gasteiger partial charge in [0.1, 0.15) is 6.07 Å². The lowest BCUT2D eigenvalue weighted by Gasteiger charge is -2.15. The minimum absolute atomic E-state index is 0.169. The van der Waals surface area contributed by atoms with Crippen LogP contribution in [-0.2, 0) is 4.79 Å². The van der Waals surface area contributed by atoms with E-state index in [1.54, 1.807) is 18.2 Å². The molecule has 0 radical (unpaired) electrons. The number of benzene rings is 1. The molecule has 0 atom stereocenters. The smallest absolute Gasteiger partial charge is 0.251 e. The number of likely N-dealkylation sites (tertiary alicyclic amines) is 1. The number of pyridine rings is 1. The van der Waals surface area contributed by atoms with Gasteiger partial charge in [0.25, 0.3) is 5.91 Å². The maximum absolute atomic E-state index is 12.5. The van der Waals surface area contributed by atoms with Gasteiger partial charge >= 0.3 is 0 Å². The van der Waals surface area contributed by atoms with Crippen LogP contribution in [0.1, 0.15) is 46.4 Å². The summed E-state index contributed by atoms with van der Waals surface area (Å²) in [4.78, 5) is 30.5. The first kappa shape index (κ1) is 19.6. The van der Waals surface area contributed by atoms with Crippen molar-refractivity contribution >= 4 is 11.8 Å². The van der Waals surface area contributed by atoms with Gasteiger partial charge in [0, 0.05) is 42.9 Å². The summed E-state index contributed by atoms with van der Waals surface area (Å²) in [5, 5.41) is 12.4. The zero-order chi connectivity index (χ0) is 20.1. The molecule has 1 saturated heterocycles. The van der Waals surface area contributed by atoms with E-state index < -0.39 is 0 Å². The Kier molecular flexibility index (Phi) is 6.05. The van der Waals surface area contributed by atoms with Crippen molar-refractivity contribution in [2.75, 3.05) is 19.6 Å². The summed E-state index contributed by atoms with van der Waals surface area (Å²) < 4.78 is 0. The molecule has 2 aromatic rings. The van der Waals surface area contributed by atoms with Crippen molar-refractivity contribution in [2.45, 2.75) is 33.1 Å². The van der Waals surface area contributed by atoms with Gasteiger partial charge in [-0.3, -0.25) is 14.6 Å². The van der Waals surface area contributed by atoms with E-state index in [9.17, 15) is 14.9 Å². The first-order valence-corrected chi connectivity index (χ1v) is 9.54. The summed E-state index contributed by atoms with van der Waals surface area (Å²) in [5.41, 5.74) is 4.10. The van der Waals surface area contributed by atoms with Gasteiger partial charge in [0.15, 0.2) is 0 Å². The number of aryl methyl sites for hydroxylation is 2. The molecule has 1 fully saturated rings. The summed E-state index contributed by atoms with van der Waals surface area (Å²) >= 11 is 0. The Balaban J connectivity index is 1.67. The number of carbonyl (C=O) groups is 2. The molecule has 1 aromatic carbocycles. The van der Waals surface area contributed by atoms with E-state index in [1.807, 2.05) is 30.9 Å². The van der Waals surface area contributed by atoms with Crippen LogP contribution in [0.15, 0.2) is 30.3 Å². The zero-order valence-electron chi connectivity index (χ0n) is 16.3. The largest absolute Gasteiger partial charge is 0.352 e. The number of nitrogens with one attached hydrogen (secondary N) is 1. The molecular weight excluding hydrogens is 352 g/mol. The van der Waals surface area contributed by atoms with Gasteiger partial charge < -0.3 is 10.2 Å². The summed E-state index contributed by atoms with van der Waals surface area (Å²) in [7, 11) is 0. The van der Waals surface area contributed by atoms with E-state index in [0.717, 1.165) is 36.2 Å². The van der Waals surface area contributed by atoms with E-state index in [4.69, 9.17) is 0 Å². The van der Waals surface area contributed by atoms with Crippen LogP contribution >= 0.6 is 0 Å². The molecule has 6 nitrogen and oxygen atoms in total. The number of rotatable bonds is 6. The van der Waals surface area contributed by atoms with Crippen LogP contribution in [0.2, 0.25) is 0 Å². The Morgan fingerprint density at radius 1 is 1.32 bits per heavy atom. The molecule has 28 heavy (non-hydrogen) atoms. The van der Waals surface area contributed by atoms with Crippen molar-refractivity contribution < 1.29 is 9.59 Å². The highest BCUT2D eigenvalue weighted by Crippen LogP contribution is 2.25. The predicted octanol–water partition coefficient (Wildman–Crippen LogP) is 2.98. The molecule has 0 saturated carbocycles. The van der Waals surface area contributed by atoms with Gasteiger partial charge in [-0.2, -0.15) is 5.26 Å². The summed E-state index contributed by atoms with van der Waals surface area (Å²) in [5.74, 6) is 0.0331. The van der Waals surface area contributed by atoms with E-state index >= 15 is 0 Å². The lowest BCUT2D eigenvalue weighted by atomic mass is 10.00. The Morgan fingerprint density at radius 2 is 2.14 bits per heavy atom. The quantitative estimate of drug-likeness (QED) is 0.785. The van der Waals surface area contributed by atoms with Crippen molar-refractivity contribution in [3.63, 3.8) is 0 Å². The van der Waals surface area contributed by atoms with Gasteiger partial charge in [-0.1, -0.05) is 12.1 Å². The fourth-order valence-electron chi connectivity index (χ4n) is 3.51. The van der Waals surface area contributed by atoms with Crippen LogP contribution < -0.4 is 5.32 Å². The molecule has 3 rings (SSSR count). The molecule has 1 N–H and O–H groups in total. The van der Waals surface area contributed by atoms with Gasteiger partial charge in [-0.05, 0) is 50.5 Å². The van der Waals surface area contributed by atoms with E-state index in [0.29, 0.717) is 36.3 Å². The van der Waals surface area contributed by atoms with Gasteiger partial charge in [0.2, 0.25) is 5.91 Å². The van der Waals surface area contributed by atoms with Crippen molar-refractivity contribution in [2.24, 2.45) is 0 Å². The molecule has 0 unspecified atom stereocenters. The monoisotopic (exact) mass is 376 g/mol. The van der Waals surface area contributed by atoms with Crippen LogP contribution in [0, 0.1) is 25.2 Å². The average molecular weight is 376 g/mol. The second-order valence-electron chi connectivity index (χ2n) is 7.09. The van der Waals surface area contributed by atoms with Crippen LogP contribution in [0.4, 0.5) is 0 Å². The molecule has 0 bridgehead atoms. The van der Waals surface area contributed by atoms with Crippen LogP contribution in [0.5, 0.6) is 0 Å². The third-order valence-electron chi connectivity index (χ3n) is 4.92. The number of hydrogen-bond acceptors (Lipinski definition) is 4. The van der Waals surface area contributed by atoms with Crippen molar-refractivity contribution in [3.8, 4) is 17.3 Å². The zero-order valence-corrected chi connectivity index (χ0v) is 16.3. The lowest BCUT2D eigenvalue weighted by Crippen LogP contribution is -2.30. The van der Waals surface area contributed by atoms with Gasteiger partial charge in [0.05, 0.1) is 11.3 Å². The molecular formula is C22H24N4O2. The summed E-state index contributed by atoms with van der Waals surface area (Å²) in [6, 6.07) is 11.3. The number of nitriles is 1. The second kappa shape index (κ2) is 8.66. The molecule has 2 heterocycles. The maximum Gasteiger partial charge on any atom is 0.251 e. The van der Waals surface area contributed by atoms with Gasteiger partial charge in [-0.15, -0.1) is 0 Å². The number of amides is 2. The Bertz CT molecular complexity index is 946. The minimum Gasteiger partial charge on any atom is -0.352 e. The summed E-state index contributed by atoms with van der Waals surface area (Å²) in [6.07, 6.45) is 2.29. The van der Waals surface area contributed by atoms with Crippen molar-refractivity contribution in [1.82, 2.24) is 15.2 Å². The SMILES string of the molecule is Cc1cc(C)c(C#N)c(-c2cccc(C(=O)NCCCN3CCCC3=O)c2)n1. The minimum atomic E-state index is -0.169. The molecule has 0 aliphatic carbocycles.